The van der Waals surface area contributed by atoms with Crippen molar-refractivity contribution in [1.29, 1.82) is 0 Å². The van der Waals surface area contributed by atoms with Gasteiger partial charge in [-0.2, -0.15) is 0 Å². The van der Waals surface area contributed by atoms with Crippen molar-refractivity contribution in [3.8, 4) is 0 Å². The summed E-state index contributed by atoms with van der Waals surface area (Å²) < 4.78 is 6.29. The van der Waals surface area contributed by atoms with Gasteiger partial charge in [-0.25, -0.2) is 0 Å². The van der Waals surface area contributed by atoms with Crippen LogP contribution in [0.4, 0.5) is 0 Å². The van der Waals surface area contributed by atoms with E-state index in [1.165, 1.54) is 43.0 Å². The highest BCUT2D eigenvalue weighted by atomic mass is 28.4. The predicted octanol–water partition coefficient (Wildman–Crippen LogP) is 3.45. The largest absolute Gasteiger partial charge is 0.412 e. The maximum absolute atomic E-state index is 6.29. The molecule has 1 nitrogen and oxygen atoms in total. The fraction of sp³-hybridized carbons (Fsp3) is 0.571. The molecule has 2 rings (SSSR count). The van der Waals surface area contributed by atoms with E-state index in [9.17, 15) is 0 Å². The van der Waals surface area contributed by atoms with E-state index in [0.717, 1.165) is 6.61 Å². The summed E-state index contributed by atoms with van der Waals surface area (Å²) in [6.07, 6.45) is 5.23. The Morgan fingerprint density at radius 1 is 1.19 bits per heavy atom. The quantitative estimate of drug-likeness (QED) is 0.725. The first-order valence-electron chi connectivity index (χ1n) is 6.57. The Labute approximate surface area is 100.0 Å². The van der Waals surface area contributed by atoms with Gasteiger partial charge in [0.15, 0.2) is 0 Å². The van der Waals surface area contributed by atoms with Crippen LogP contribution in [0, 0.1) is 0 Å². The number of unbranched alkanes of at least 4 members (excludes halogenated alkanes) is 1. The molecule has 1 aliphatic heterocycles. The van der Waals surface area contributed by atoms with E-state index in [0.29, 0.717) is 0 Å². The van der Waals surface area contributed by atoms with E-state index in [2.05, 4.69) is 37.3 Å². The van der Waals surface area contributed by atoms with Crippen molar-refractivity contribution >= 4 is 13.5 Å². The molecule has 1 unspecified atom stereocenters. The van der Waals surface area contributed by atoms with E-state index in [1.807, 2.05) is 0 Å². The van der Waals surface area contributed by atoms with Gasteiger partial charge in [0.2, 0.25) is 8.32 Å². The normalized spacial score (nSPS) is 25.6. The monoisotopic (exact) mass is 234 g/mol. The van der Waals surface area contributed by atoms with Crippen LogP contribution in [0.5, 0.6) is 0 Å². The number of rotatable bonds is 4. The van der Waals surface area contributed by atoms with Gasteiger partial charge in [-0.15, -0.1) is 0 Å². The third-order valence-corrected chi connectivity index (χ3v) is 8.05. The Kier molecular flexibility index (Phi) is 4.19. The molecule has 0 aromatic heterocycles. The average molecular weight is 234 g/mol. The van der Waals surface area contributed by atoms with Crippen LogP contribution in [0.15, 0.2) is 30.3 Å². The van der Waals surface area contributed by atoms with Crippen LogP contribution in [0.2, 0.25) is 12.1 Å². The molecule has 1 atom stereocenters. The fourth-order valence-corrected chi connectivity index (χ4v) is 6.99. The molecular weight excluding hydrogens is 212 g/mol. The van der Waals surface area contributed by atoms with E-state index in [4.69, 9.17) is 4.43 Å². The average Bonchev–Trinajstić information content (AvgIpc) is 2.38. The Hall–Kier alpha value is -0.603. The second-order valence-corrected chi connectivity index (χ2v) is 8.62. The van der Waals surface area contributed by atoms with Crippen molar-refractivity contribution in [3.63, 3.8) is 0 Å². The molecule has 0 spiro atoms. The van der Waals surface area contributed by atoms with Crippen LogP contribution >= 0.6 is 0 Å². The van der Waals surface area contributed by atoms with Gasteiger partial charge < -0.3 is 4.43 Å². The lowest BCUT2D eigenvalue weighted by molar-refractivity contribution is 0.274. The molecule has 0 bridgehead atoms. The third kappa shape index (κ3) is 2.55. The first-order chi connectivity index (χ1) is 7.87. The van der Waals surface area contributed by atoms with Gasteiger partial charge >= 0.3 is 0 Å². The van der Waals surface area contributed by atoms with Crippen LogP contribution in [-0.2, 0) is 4.43 Å². The maximum atomic E-state index is 6.29. The summed E-state index contributed by atoms with van der Waals surface area (Å²) >= 11 is 0. The van der Waals surface area contributed by atoms with E-state index in [1.54, 1.807) is 0 Å². The molecule has 0 saturated carbocycles. The predicted molar refractivity (Wildman–Crippen MR) is 71.5 cm³/mol. The summed E-state index contributed by atoms with van der Waals surface area (Å²) in [4.78, 5) is 0. The zero-order valence-electron chi connectivity index (χ0n) is 10.2. The summed E-state index contributed by atoms with van der Waals surface area (Å²) in [6, 6.07) is 13.6. The molecule has 1 aliphatic rings. The van der Waals surface area contributed by atoms with Crippen LogP contribution in [-0.4, -0.2) is 14.9 Å². The SMILES string of the molecule is CCCC[Si]1(c2ccccc2)CCCCO1. The smallest absolute Gasteiger partial charge is 0.224 e. The Morgan fingerprint density at radius 2 is 2.00 bits per heavy atom. The van der Waals surface area contributed by atoms with Crippen LogP contribution in [0.1, 0.15) is 32.6 Å². The van der Waals surface area contributed by atoms with E-state index >= 15 is 0 Å². The van der Waals surface area contributed by atoms with Gasteiger partial charge in [0.05, 0.1) is 0 Å². The summed E-state index contributed by atoms with van der Waals surface area (Å²) in [6.45, 7) is 3.26. The van der Waals surface area contributed by atoms with Crippen molar-refractivity contribution in [2.45, 2.75) is 44.7 Å². The minimum Gasteiger partial charge on any atom is -0.412 e. The molecule has 1 aromatic rings. The van der Waals surface area contributed by atoms with Crippen molar-refractivity contribution in [1.82, 2.24) is 0 Å². The summed E-state index contributed by atoms with van der Waals surface area (Å²) in [5.74, 6) is 0. The highest BCUT2D eigenvalue weighted by Crippen LogP contribution is 2.27. The Morgan fingerprint density at radius 3 is 2.62 bits per heavy atom. The molecule has 0 radical (unpaired) electrons. The third-order valence-electron chi connectivity index (χ3n) is 3.59. The van der Waals surface area contributed by atoms with Gasteiger partial charge in [-0.05, 0) is 23.7 Å². The fourth-order valence-electron chi connectivity index (χ4n) is 2.63. The summed E-state index contributed by atoms with van der Waals surface area (Å²) in [7, 11) is -1.58. The molecule has 1 fully saturated rings. The van der Waals surface area contributed by atoms with Crippen molar-refractivity contribution < 1.29 is 4.43 Å². The Balaban J connectivity index is 2.19. The highest BCUT2D eigenvalue weighted by molar-refractivity contribution is 6.86. The second kappa shape index (κ2) is 5.64. The van der Waals surface area contributed by atoms with Gasteiger partial charge in [0, 0.05) is 6.61 Å². The number of hydrogen-bond donors (Lipinski definition) is 0. The molecule has 0 aliphatic carbocycles. The van der Waals surface area contributed by atoms with Gasteiger partial charge in [-0.1, -0.05) is 56.5 Å². The highest BCUT2D eigenvalue weighted by Gasteiger charge is 2.37. The summed E-state index contributed by atoms with van der Waals surface area (Å²) in [5.41, 5.74) is 0. The first kappa shape index (κ1) is 11.9. The standard InChI is InChI=1S/C14H22OSi/c1-2-3-12-16(13-8-7-11-15-16)14-9-5-4-6-10-14/h4-6,9-10H,2-3,7-8,11-13H2,1H3. The second-order valence-electron chi connectivity index (χ2n) is 4.77. The molecule has 16 heavy (non-hydrogen) atoms. The van der Waals surface area contributed by atoms with Crippen LogP contribution in [0.25, 0.3) is 0 Å². The van der Waals surface area contributed by atoms with Gasteiger partial charge in [-0.3, -0.25) is 0 Å². The van der Waals surface area contributed by atoms with Crippen molar-refractivity contribution in [2.75, 3.05) is 6.61 Å². The topological polar surface area (TPSA) is 9.23 Å². The molecule has 1 aromatic carbocycles. The first-order valence-corrected chi connectivity index (χ1v) is 8.89. The molecule has 88 valence electrons. The molecule has 2 heteroatoms. The molecule has 0 N–H and O–H groups in total. The summed E-state index contributed by atoms with van der Waals surface area (Å²) in [5, 5.41) is 1.52. The molecule has 1 heterocycles. The number of hydrogen-bond acceptors (Lipinski definition) is 1. The minimum atomic E-state index is -1.58. The molecule has 0 amide bonds. The zero-order valence-corrected chi connectivity index (χ0v) is 11.2. The Bertz CT molecular complexity index is 304. The molecular formula is C14H22OSi. The molecule has 1 saturated heterocycles. The van der Waals surface area contributed by atoms with E-state index < -0.39 is 8.32 Å². The van der Waals surface area contributed by atoms with Crippen molar-refractivity contribution in [3.05, 3.63) is 30.3 Å². The lowest BCUT2D eigenvalue weighted by atomic mass is 10.3. The van der Waals surface area contributed by atoms with Crippen LogP contribution in [0.3, 0.4) is 0 Å². The van der Waals surface area contributed by atoms with Crippen LogP contribution < -0.4 is 5.19 Å². The minimum absolute atomic E-state index is 0.991. The van der Waals surface area contributed by atoms with E-state index in [-0.39, 0.29) is 0 Å². The van der Waals surface area contributed by atoms with Gasteiger partial charge in [0.1, 0.15) is 0 Å². The zero-order chi connectivity index (χ0) is 11.3. The lowest BCUT2D eigenvalue weighted by Crippen LogP contribution is -2.52. The lowest BCUT2D eigenvalue weighted by Gasteiger charge is -2.35. The maximum Gasteiger partial charge on any atom is 0.224 e. The number of benzene rings is 1. The van der Waals surface area contributed by atoms with Gasteiger partial charge in [0.25, 0.3) is 0 Å². The van der Waals surface area contributed by atoms with Crippen molar-refractivity contribution in [2.24, 2.45) is 0 Å².